The Kier molecular flexibility index (Phi) is 3.09. The molecule has 1 heterocycles. The molecule has 0 unspecified atom stereocenters. The van der Waals surface area contributed by atoms with Crippen molar-refractivity contribution in [2.45, 2.75) is 4.90 Å². The summed E-state index contributed by atoms with van der Waals surface area (Å²) in [5.41, 5.74) is 7.23. The van der Waals surface area contributed by atoms with Crippen molar-refractivity contribution in [2.24, 2.45) is 12.8 Å². The van der Waals surface area contributed by atoms with E-state index in [1.807, 2.05) is 4.83 Å². The van der Waals surface area contributed by atoms with Gasteiger partial charge in [-0.2, -0.15) is 0 Å². The maximum absolute atomic E-state index is 11.4. The van der Waals surface area contributed by atoms with Crippen molar-refractivity contribution >= 4 is 27.4 Å². The number of hydrogen-bond donors (Lipinski definition) is 3. The molecule has 0 radical (unpaired) electrons. The van der Waals surface area contributed by atoms with Gasteiger partial charge in [0.25, 0.3) is 10.0 Å². The second kappa shape index (κ2) is 3.95. The molecule has 0 bridgehead atoms. The van der Waals surface area contributed by atoms with E-state index in [9.17, 15) is 8.42 Å². The molecule has 78 valence electrons. The van der Waals surface area contributed by atoms with Gasteiger partial charge in [0.2, 0.25) is 0 Å². The van der Waals surface area contributed by atoms with E-state index >= 15 is 0 Å². The van der Waals surface area contributed by atoms with E-state index in [1.54, 1.807) is 17.8 Å². The van der Waals surface area contributed by atoms with Crippen molar-refractivity contribution in [1.82, 2.24) is 14.8 Å². The molecule has 0 amide bonds. The van der Waals surface area contributed by atoms with Gasteiger partial charge in [0.15, 0.2) is 5.11 Å². The summed E-state index contributed by atoms with van der Waals surface area (Å²) in [4.78, 5) is 2.17. The van der Waals surface area contributed by atoms with Crippen LogP contribution < -0.4 is 16.0 Å². The summed E-state index contributed by atoms with van der Waals surface area (Å²) in [6.07, 6.45) is 3.08. The fourth-order valence-corrected chi connectivity index (χ4v) is 1.84. The molecule has 4 N–H and O–H groups in total. The number of rotatable bonds is 3. The summed E-state index contributed by atoms with van der Waals surface area (Å²) < 4.78 is 24.5. The van der Waals surface area contributed by atoms with Gasteiger partial charge >= 0.3 is 0 Å². The average Bonchev–Trinajstić information content (AvgIpc) is 2.49. The van der Waals surface area contributed by atoms with Crippen LogP contribution in [0.15, 0.2) is 23.4 Å². The lowest BCUT2D eigenvalue weighted by Gasteiger charge is -2.05. The van der Waals surface area contributed by atoms with E-state index in [2.05, 4.69) is 17.6 Å². The molecule has 0 spiro atoms. The molecule has 0 fully saturated rings. The Morgan fingerprint density at radius 1 is 1.64 bits per heavy atom. The van der Waals surface area contributed by atoms with E-state index < -0.39 is 10.0 Å². The third-order valence-corrected chi connectivity index (χ3v) is 2.76. The lowest BCUT2D eigenvalue weighted by molar-refractivity contribution is 0.577. The van der Waals surface area contributed by atoms with Crippen LogP contribution in [0, 0.1) is 0 Å². The Morgan fingerprint density at radius 2 is 2.29 bits per heavy atom. The molecule has 0 saturated heterocycles. The number of sulfonamides is 1. The summed E-state index contributed by atoms with van der Waals surface area (Å²) in [6, 6.07) is 1.46. The molecule has 0 saturated carbocycles. The van der Waals surface area contributed by atoms with Gasteiger partial charge in [0.1, 0.15) is 4.90 Å². The lowest BCUT2D eigenvalue weighted by atomic mass is 10.7. The molecule has 1 aromatic rings. The fourth-order valence-electron chi connectivity index (χ4n) is 0.813. The Balaban J connectivity index is 2.81. The number of nitrogens with one attached hydrogen (secondary N) is 2. The first-order chi connectivity index (χ1) is 6.42. The highest BCUT2D eigenvalue weighted by atomic mass is 32.2. The van der Waals surface area contributed by atoms with Crippen LogP contribution in [-0.4, -0.2) is 18.1 Å². The van der Waals surface area contributed by atoms with Crippen molar-refractivity contribution in [3.05, 3.63) is 18.5 Å². The Bertz CT molecular complexity index is 436. The zero-order valence-electron chi connectivity index (χ0n) is 7.39. The highest BCUT2D eigenvalue weighted by Crippen LogP contribution is 2.06. The second-order valence-corrected chi connectivity index (χ2v) is 4.73. The van der Waals surface area contributed by atoms with E-state index in [1.165, 1.54) is 12.3 Å². The van der Waals surface area contributed by atoms with Crippen LogP contribution in [0.2, 0.25) is 0 Å². The summed E-state index contributed by atoms with van der Waals surface area (Å²) in [6.45, 7) is 0. The molecule has 0 aromatic carbocycles. The minimum atomic E-state index is -3.58. The summed E-state index contributed by atoms with van der Waals surface area (Å²) >= 11 is 4.45. The standard InChI is InChI=1S/C6H10N4O2S2/c1-10-3-2-5(4-10)14(11,12)9-8-6(7)13/h2-4,9H,1H3,(H3,7,8,13). The molecule has 6 nitrogen and oxygen atoms in total. The molecule has 0 aliphatic carbocycles. The van der Waals surface area contributed by atoms with Crippen molar-refractivity contribution in [3.63, 3.8) is 0 Å². The van der Waals surface area contributed by atoms with Gasteiger partial charge in [-0.1, -0.05) is 0 Å². The van der Waals surface area contributed by atoms with Gasteiger partial charge in [0, 0.05) is 19.4 Å². The van der Waals surface area contributed by atoms with Crippen LogP contribution >= 0.6 is 12.2 Å². The van der Waals surface area contributed by atoms with Crippen LogP contribution in [0.3, 0.4) is 0 Å². The third-order valence-electron chi connectivity index (χ3n) is 1.42. The molecule has 0 atom stereocenters. The first-order valence-electron chi connectivity index (χ1n) is 3.61. The Morgan fingerprint density at radius 3 is 2.71 bits per heavy atom. The maximum atomic E-state index is 11.4. The highest BCUT2D eigenvalue weighted by Gasteiger charge is 2.14. The van der Waals surface area contributed by atoms with E-state index in [0.717, 1.165) is 0 Å². The van der Waals surface area contributed by atoms with Crippen LogP contribution in [0.25, 0.3) is 0 Å². The van der Waals surface area contributed by atoms with E-state index in [0.29, 0.717) is 0 Å². The third kappa shape index (κ3) is 2.69. The number of hydrazine groups is 1. The maximum Gasteiger partial charge on any atom is 0.258 e. The monoisotopic (exact) mass is 234 g/mol. The van der Waals surface area contributed by atoms with Gasteiger partial charge in [-0.3, -0.25) is 5.43 Å². The summed E-state index contributed by atoms with van der Waals surface area (Å²) in [5, 5.41) is -0.135. The quantitative estimate of drug-likeness (QED) is 0.463. The van der Waals surface area contributed by atoms with Crippen molar-refractivity contribution in [3.8, 4) is 0 Å². The van der Waals surface area contributed by atoms with Gasteiger partial charge in [0.05, 0.1) is 0 Å². The molecule has 0 aliphatic rings. The second-order valence-electron chi connectivity index (χ2n) is 2.61. The fraction of sp³-hybridized carbons (Fsp3) is 0.167. The zero-order chi connectivity index (χ0) is 10.8. The largest absolute Gasteiger partial charge is 0.375 e. The molecular weight excluding hydrogens is 224 g/mol. The average molecular weight is 234 g/mol. The number of aromatic nitrogens is 1. The molecule has 14 heavy (non-hydrogen) atoms. The van der Waals surface area contributed by atoms with Gasteiger partial charge in [-0.25, -0.2) is 8.42 Å². The number of nitrogens with zero attached hydrogens (tertiary/aromatic N) is 1. The molecule has 8 heteroatoms. The van der Waals surface area contributed by atoms with Gasteiger partial charge in [-0.05, 0) is 18.3 Å². The van der Waals surface area contributed by atoms with Gasteiger partial charge < -0.3 is 10.3 Å². The number of thiocarbonyl (C=S) groups is 1. The minimum Gasteiger partial charge on any atom is -0.375 e. The van der Waals surface area contributed by atoms with E-state index in [4.69, 9.17) is 5.73 Å². The Labute approximate surface area is 87.1 Å². The Hall–Kier alpha value is -1.12. The van der Waals surface area contributed by atoms with Crippen LogP contribution in [0.1, 0.15) is 0 Å². The van der Waals surface area contributed by atoms with Crippen molar-refractivity contribution in [1.29, 1.82) is 0 Å². The topological polar surface area (TPSA) is 89.2 Å². The number of nitrogens with two attached hydrogens (primary N) is 1. The molecule has 1 rings (SSSR count). The van der Waals surface area contributed by atoms with E-state index in [-0.39, 0.29) is 10.0 Å². The van der Waals surface area contributed by atoms with Crippen molar-refractivity contribution in [2.75, 3.05) is 0 Å². The zero-order valence-corrected chi connectivity index (χ0v) is 9.02. The SMILES string of the molecule is Cn1ccc(S(=O)(=O)NNC(N)=S)c1. The summed E-state index contributed by atoms with van der Waals surface area (Å²) in [5.74, 6) is 0. The highest BCUT2D eigenvalue weighted by molar-refractivity contribution is 7.89. The number of hydrogen-bond acceptors (Lipinski definition) is 3. The van der Waals surface area contributed by atoms with Crippen LogP contribution in [-0.2, 0) is 17.1 Å². The first kappa shape index (κ1) is 11.0. The predicted octanol–water partition coefficient (Wildman–Crippen LogP) is -0.948. The summed E-state index contributed by atoms with van der Waals surface area (Å²) in [7, 11) is -1.86. The minimum absolute atomic E-state index is 0.135. The lowest BCUT2D eigenvalue weighted by Crippen LogP contribution is -2.44. The van der Waals surface area contributed by atoms with Crippen molar-refractivity contribution < 1.29 is 8.42 Å². The smallest absolute Gasteiger partial charge is 0.258 e. The predicted molar refractivity (Wildman–Crippen MR) is 55.7 cm³/mol. The number of aryl methyl sites for hydroxylation is 1. The van der Waals surface area contributed by atoms with Crippen LogP contribution in [0.4, 0.5) is 0 Å². The molecule has 0 aliphatic heterocycles. The van der Waals surface area contributed by atoms with Gasteiger partial charge in [-0.15, -0.1) is 4.83 Å². The molecule has 1 aromatic heterocycles. The van der Waals surface area contributed by atoms with Crippen LogP contribution in [0.5, 0.6) is 0 Å². The molecular formula is C6H10N4O2S2. The first-order valence-corrected chi connectivity index (χ1v) is 5.50. The normalized spacial score (nSPS) is 11.2.